The van der Waals surface area contributed by atoms with Crippen LogP contribution in [0.25, 0.3) is 5.73 Å². The highest BCUT2D eigenvalue weighted by atomic mass is 19.4. The molecule has 2 atom stereocenters. The maximum Gasteiger partial charge on any atom is 0.494 e. The van der Waals surface area contributed by atoms with Crippen molar-refractivity contribution in [1.29, 1.82) is 5.26 Å². The molecule has 178 valence electrons. The van der Waals surface area contributed by atoms with Crippen LogP contribution in [-0.4, -0.2) is 48.2 Å². The van der Waals surface area contributed by atoms with Crippen molar-refractivity contribution < 1.29 is 32.4 Å². The summed E-state index contributed by atoms with van der Waals surface area (Å²) in [6.45, 7) is 9.17. The van der Waals surface area contributed by atoms with Gasteiger partial charge < -0.3 is 20.1 Å². The minimum atomic E-state index is -4.63. The summed E-state index contributed by atoms with van der Waals surface area (Å²) in [7, 11) is -0.678. The van der Waals surface area contributed by atoms with Gasteiger partial charge in [-0.1, -0.05) is 44.2 Å². The lowest BCUT2D eigenvalue weighted by Crippen LogP contribution is -2.44. The van der Waals surface area contributed by atoms with Gasteiger partial charge in [0.25, 0.3) is 0 Å². The first-order chi connectivity index (χ1) is 14.7. The van der Waals surface area contributed by atoms with Gasteiger partial charge in [-0.25, -0.2) is 5.26 Å². The molecule has 1 unspecified atom stereocenters. The SMILES string of the molecule is CCC[C@H](NC(c1ccc(B2OC(C)(C)C(C)(C)O2)cc1)C(F)(F)F)C(=O)O.N#CC[NH-]. The molecule has 1 aliphatic heterocycles. The van der Waals surface area contributed by atoms with Crippen molar-refractivity contribution in [2.45, 2.75) is 76.9 Å². The van der Waals surface area contributed by atoms with Gasteiger partial charge in [0.2, 0.25) is 0 Å². The Kier molecular flexibility index (Phi) is 9.72. The number of alkyl halides is 3. The van der Waals surface area contributed by atoms with Gasteiger partial charge >= 0.3 is 19.3 Å². The Morgan fingerprint density at radius 2 is 1.69 bits per heavy atom. The summed E-state index contributed by atoms with van der Waals surface area (Å²) in [6.07, 6.45) is -4.07. The van der Waals surface area contributed by atoms with Gasteiger partial charge in [0, 0.05) is 6.07 Å². The molecule has 0 radical (unpaired) electrons. The number of aliphatic carboxylic acids is 1. The van der Waals surface area contributed by atoms with E-state index < -0.39 is 42.5 Å². The van der Waals surface area contributed by atoms with Crippen molar-refractivity contribution >= 4 is 18.6 Å². The van der Waals surface area contributed by atoms with Crippen LogP contribution in [0, 0.1) is 11.3 Å². The summed E-state index contributed by atoms with van der Waals surface area (Å²) < 4.78 is 52.5. The van der Waals surface area contributed by atoms with Crippen LogP contribution < -0.4 is 10.8 Å². The summed E-state index contributed by atoms with van der Waals surface area (Å²) in [4.78, 5) is 11.3. The van der Waals surface area contributed by atoms with E-state index in [-0.39, 0.29) is 18.5 Å². The minimum absolute atomic E-state index is 0.0601. The number of carbonyl (C=O) groups is 1. The number of nitriles is 1. The highest BCUT2D eigenvalue weighted by Gasteiger charge is 2.51. The van der Waals surface area contributed by atoms with Gasteiger partial charge in [-0.15, -0.1) is 0 Å². The Morgan fingerprint density at radius 1 is 1.22 bits per heavy atom. The van der Waals surface area contributed by atoms with E-state index in [9.17, 15) is 23.1 Å². The predicted octanol–water partition coefficient (Wildman–Crippen LogP) is 3.99. The highest BCUT2D eigenvalue weighted by molar-refractivity contribution is 6.62. The van der Waals surface area contributed by atoms with Crippen LogP contribution in [-0.2, 0) is 14.1 Å². The van der Waals surface area contributed by atoms with Crippen molar-refractivity contribution in [2.75, 3.05) is 6.54 Å². The number of nitrogens with one attached hydrogen (secondary N) is 2. The molecule has 32 heavy (non-hydrogen) atoms. The van der Waals surface area contributed by atoms with E-state index in [0.717, 1.165) is 0 Å². The van der Waals surface area contributed by atoms with Crippen LogP contribution in [0.15, 0.2) is 24.3 Å². The second-order valence-electron chi connectivity index (χ2n) is 8.41. The van der Waals surface area contributed by atoms with E-state index in [1.807, 2.05) is 27.7 Å². The highest BCUT2D eigenvalue weighted by Crippen LogP contribution is 2.37. The molecule has 1 aliphatic rings. The molecule has 0 aromatic heterocycles. The van der Waals surface area contributed by atoms with E-state index in [1.165, 1.54) is 24.3 Å². The molecule has 0 amide bonds. The number of hydrogen-bond acceptors (Lipinski definition) is 5. The first kappa shape index (κ1) is 27.9. The maximum absolute atomic E-state index is 13.6. The van der Waals surface area contributed by atoms with Gasteiger partial charge in [-0.05, 0) is 45.1 Å². The molecule has 0 saturated carbocycles. The molecule has 1 fully saturated rings. The van der Waals surface area contributed by atoms with Crippen LogP contribution in [0.2, 0.25) is 0 Å². The summed E-state index contributed by atoms with van der Waals surface area (Å²) in [5.41, 5.74) is 5.52. The molecule has 7 nitrogen and oxygen atoms in total. The quantitative estimate of drug-likeness (QED) is 0.474. The number of carboxylic acids is 1. The molecule has 11 heteroatoms. The van der Waals surface area contributed by atoms with Crippen molar-refractivity contribution in [1.82, 2.24) is 5.32 Å². The van der Waals surface area contributed by atoms with Gasteiger partial charge in [0.1, 0.15) is 12.1 Å². The second-order valence-corrected chi connectivity index (χ2v) is 8.41. The van der Waals surface area contributed by atoms with E-state index in [2.05, 4.69) is 5.32 Å². The third-order valence-corrected chi connectivity index (χ3v) is 5.44. The molecule has 2 rings (SSSR count). The van der Waals surface area contributed by atoms with E-state index in [4.69, 9.17) is 20.3 Å². The number of benzene rings is 1. The average molecular weight is 456 g/mol. The van der Waals surface area contributed by atoms with Crippen molar-refractivity contribution in [3.05, 3.63) is 35.6 Å². The van der Waals surface area contributed by atoms with Gasteiger partial charge in [-0.2, -0.15) is 13.2 Å². The summed E-state index contributed by atoms with van der Waals surface area (Å²) in [5, 5.41) is 18.9. The van der Waals surface area contributed by atoms with Crippen LogP contribution >= 0.6 is 0 Å². The molecular formula is C21H30BF3N3O4-. The van der Waals surface area contributed by atoms with Crippen LogP contribution in [0.5, 0.6) is 0 Å². The molecule has 1 heterocycles. The standard InChI is InChI=1S/C19H27BF3NO4.C2H3N2/c1-6-7-14(16(25)26)24-15(19(21,22)23)12-8-10-13(11-9-12)20-27-17(2,3)18(4,5)28-20;3-1-2-4/h8-11,14-15,24H,6-7H2,1-5H3,(H,25,26);3H,1H2/q;-1/t14-,15?;/m0./s1. The Morgan fingerprint density at radius 3 is 2.03 bits per heavy atom. The zero-order chi connectivity index (χ0) is 24.7. The summed E-state index contributed by atoms with van der Waals surface area (Å²) >= 11 is 0. The smallest absolute Gasteiger partial charge is 0.494 e. The fourth-order valence-electron chi connectivity index (χ4n) is 2.97. The molecule has 1 aromatic rings. The number of nitrogens with zero attached hydrogens (tertiary/aromatic N) is 1. The van der Waals surface area contributed by atoms with Crippen LogP contribution in [0.4, 0.5) is 13.2 Å². The number of hydrogen-bond donors (Lipinski definition) is 2. The molecule has 0 bridgehead atoms. The van der Waals surface area contributed by atoms with Gasteiger partial charge in [0.05, 0.1) is 11.2 Å². The third kappa shape index (κ3) is 7.20. The molecule has 0 aliphatic carbocycles. The number of halogens is 3. The van der Waals surface area contributed by atoms with Crippen molar-refractivity contribution in [3.63, 3.8) is 0 Å². The Hall–Kier alpha value is -2.13. The van der Waals surface area contributed by atoms with Gasteiger partial charge in [0.15, 0.2) is 0 Å². The maximum atomic E-state index is 13.6. The summed E-state index contributed by atoms with van der Waals surface area (Å²) in [5.74, 6) is -1.30. The normalized spacial score (nSPS) is 18.8. The zero-order valence-electron chi connectivity index (χ0n) is 18.9. The number of carboxylic acid groups (broad SMARTS) is 1. The van der Waals surface area contributed by atoms with Gasteiger partial charge in [-0.3, -0.25) is 10.1 Å². The molecule has 1 saturated heterocycles. The Labute approximate surface area is 187 Å². The van der Waals surface area contributed by atoms with Crippen molar-refractivity contribution in [3.8, 4) is 6.07 Å². The lowest BCUT2D eigenvalue weighted by Gasteiger charge is -2.32. The predicted molar refractivity (Wildman–Crippen MR) is 115 cm³/mol. The average Bonchev–Trinajstić information content (AvgIpc) is 2.91. The lowest BCUT2D eigenvalue weighted by molar-refractivity contribution is -0.163. The summed E-state index contributed by atoms with van der Waals surface area (Å²) in [6, 6.07) is 3.94. The monoisotopic (exact) mass is 456 g/mol. The Balaban J connectivity index is 0.00000118. The molecule has 1 aromatic carbocycles. The first-order valence-corrected chi connectivity index (χ1v) is 10.2. The topological polar surface area (TPSA) is 115 Å². The van der Waals surface area contributed by atoms with E-state index in [0.29, 0.717) is 11.9 Å². The lowest BCUT2D eigenvalue weighted by atomic mass is 9.78. The third-order valence-electron chi connectivity index (χ3n) is 5.44. The second kappa shape index (κ2) is 11.1. The fraction of sp³-hybridized carbons (Fsp3) is 0.619. The fourth-order valence-corrected chi connectivity index (χ4v) is 2.97. The molecule has 0 spiro atoms. The number of rotatable bonds is 7. The first-order valence-electron chi connectivity index (χ1n) is 10.2. The van der Waals surface area contributed by atoms with E-state index in [1.54, 1.807) is 13.0 Å². The Bertz CT molecular complexity index is 779. The van der Waals surface area contributed by atoms with Crippen LogP contribution in [0.1, 0.15) is 59.1 Å². The molecule has 3 N–H and O–H groups in total. The van der Waals surface area contributed by atoms with Crippen molar-refractivity contribution in [2.24, 2.45) is 0 Å². The molecular weight excluding hydrogens is 426 g/mol. The largest absolute Gasteiger partial charge is 0.665 e. The van der Waals surface area contributed by atoms with Crippen LogP contribution in [0.3, 0.4) is 0 Å². The minimum Gasteiger partial charge on any atom is -0.665 e. The zero-order valence-corrected chi connectivity index (χ0v) is 18.9. The van der Waals surface area contributed by atoms with E-state index >= 15 is 0 Å².